The van der Waals surface area contributed by atoms with Crippen molar-refractivity contribution in [3.63, 3.8) is 0 Å². The predicted molar refractivity (Wildman–Crippen MR) is 168 cm³/mol. The summed E-state index contributed by atoms with van der Waals surface area (Å²) in [7, 11) is 0. The van der Waals surface area contributed by atoms with Gasteiger partial charge in [-0.2, -0.15) is 0 Å². The van der Waals surface area contributed by atoms with Crippen LogP contribution < -0.4 is 22.8 Å². The highest BCUT2D eigenvalue weighted by Crippen LogP contribution is 2.19. The van der Waals surface area contributed by atoms with Crippen LogP contribution in [0.3, 0.4) is 0 Å². The molecule has 44 heavy (non-hydrogen) atoms. The molecule has 12 heteroatoms. The number of aromatic nitrogens is 4. The van der Waals surface area contributed by atoms with Gasteiger partial charge >= 0.3 is 5.97 Å². The highest BCUT2D eigenvalue weighted by molar-refractivity contribution is 6.03. The first-order chi connectivity index (χ1) is 21.2. The Bertz CT molecular complexity index is 1890. The predicted octanol–water partition coefficient (Wildman–Crippen LogP) is 3.06. The molecule has 226 valence electrons. The number of carbonyl (C=O) groups excluding carboxylic acids is 2. The van der Waals surface area contributed by atoms with Crippen LogP contribution in [0.1, 0.15) is 54.2 Å². The monoisotopic (exact) mass is 595 g/mol. The number of primary amides is 2. The lowest BCUT2D eigenvalue weighted by molar-refractivity contribution is -0.137. The number of nitrogens with two attached hydrogens (primary N) is 3. The lowest BCUT2D eigenvalue weighted by atomic mass is 10.0. The van der Waals surface area contributed by atoms with Crippen molar-refractivity contribution in [2.24, 2.45) is 11.5 Å². The molecule has 0 radical (unpaired) electrons. The molecule has 3 heterocycles. The quantitative estimate of drug-likeness (QED) is 0.125. The van der Waals surface area contributed by atoms with Gasteiger partial charge in [0.25, 0.3) is 11.5 Å². The number of unbranched alkanes of at least 4 members (excludes halogenated alkanes) is 2. The van der Waals surface area contributed by atoms with Gasteiger partial charge in [-0.3, -0.25) is 23.7 Å². The molecule has 0 spiro atoms. The minimum Gasteiger partial charge on any atom is -0.481 e. The summed E-state index contributed by atoms with van der Waals surface area (Å²) >= 11 is 0. The van der Waals surface area contributed by atoms with Gasteiger partial charge in [-0.05, 0) is 55.0 Å². The smallest absolute Gasteiger partial charge is 0.303 e. The summed E-state index contributed by atoms with van der Waals surface area (Å²) in [5.41, 5.74) is 17.8. The molecule has 0 aliphatic heterocycles. The standard InChI is InChI=1S/C24H23NO3.C7H7N5O.CH3NO/c1-2-20-17-19-13-10-12-18(11-6-3-4-9-16-22(26)27)23(19)24(28)25(20)21-14-7-5-8-15-21;8-5-4(6(9)13)7-10-2-1-3-12(7)11-5;2-1-3/h5,7-8,10,12-15,17H,2-4,9,16H2,1H3,(H,26,27);1-3H,(H2,8,11)(H2,9,13);1H,(H2,2,3). The number of nitrogens with zero attached hydrogens (tertiary/aromatic N) is 4. The fourth-order valence-corrected chi connectivity index (χ4v) is 4.43. The summed E-state index contributed by atoms with van der Waals surface area (Å²) in [5.74, 6) is 4.92. The molecule has 0 saturated carbocycles. The fourth-order valence-electron chi connectivity index (χ4n) is 4.43. The molecule has 5 rings (SSSR count). The number of rotatable bonds is 7. The molecule has 2 aromatic carbocycles. The van der Waals surface area contributed by atoms with Gasteiger partial charge < -0.3 is 22.3 Å². The summed E-state index contributed by atoms with van der Waals surface area (Å²) in [6.45, 7) is 2.04. The average Bonchev–Trinajstić information content (AvgIpc) is 3.35. The number of hydrogen-bond acceptors (Lipinski definition) is 7. The number of carboxylic acids is 1. The Hall–Kier alpha value is -5.96. The SMILES string of the molecule is CCc1cc2cccc(C#CCCCCC(=O)O)c2c(=O)n1-c1ccccc1.NC(=O)c1c(N)nn2cccnc12.NC=O. The van der Waals surface area contributed by atoms with E-state index in [1.165, 1.54) is 4.52 Å². The number of anilines is 1. The molecule has 0 aliphatic carbocycles. The van der Waals surface area contributed by atoms with Crippen LogP contribution in [-0.2, 0) is 16.0 Å². The van der Waals surface area contributed by atoms with Crippen LogP contribution >= 0.6 is 0 Å². The third kappa shape index (κ3) is 8.07. The van der Waals surface area contributed by atoms with Crippen molar-refractivity contribution in [3.05, 3.63) is 100 Å². The van der Waals surface area contributed by atoms with Crippen molar-refractivity contribution in [2.75, 3.05) is 5.73 Å². The summed E-state index contributed by atoms with van der Waals surface area (Å²) in [5, 5.41) is 14.1. The Morgan fingerprint density at radius 2 is 1.80 bits per heavy atom. The van der Waals surface area contributed by atoms with E-state index >= 15 is 0 Å². The number of aliphatic carboxylic acids is 1. The number of carboxylic acid groups (broad SMARTS) is 1. The second-order valence-electron chi connectivity index (χ2n) is 9.29. The number of nitrogen functional groups attached to an aromatic ring is 1. The molecule has 0 fully saturated rings. The van der Waals surface area contributed by atoms with Crippen molar-refractivity contribution in [2.45, 2.75) is 39.0 Å². The molecule has 0 saturated heterocycles. The number of fused-ring (bicyclic) bond motifs is 2. The van der Waals surface area contributed by atoms with E-state index in [9.17, 15) is 14.4 Å². The second kappa shape index (κ2) is 15.9. The lowest BCUT2D eigenvalue weighted by Crippen LogP contribution is -2.22. The van der Waals surface area contributed by atoms with Crippen molar-refractivity contribution in [3.8, 4) is 17.5 Å². The lowest BCUT2D eigenvalue weighted by Gasteiger charge is -2.14. The molecule has 0 unspecified atom stereocenters. The zero-order chi connectivity index (χ0) is 32.1. The molecular weight excluding hydrogens is 562 g/mol. The van der Waals surface area contributed by atoms with E-state index in [1.807, 2.05) is 55.5 Å². The zero-order valence-corrected chi connectivity index (χ0v) is 24.1. The summed E-state index contributed by atoms with van der Waals surface area (Å²) < 4.78 is 3.18. The molecule has 7 N–H and O–H groups in total. The van der Waals surface area contributed by atoms with E-state index in [0.29, 0.717) is 29.4 Å². The van der Waals surface area contributed by atoms with Crippen LogP contribution in [0.2, 0.25) is 0 Å². The van der Waals surface area contributed by atoms with Crippen molar-refractivity contribution in [1.29, 1.82) is 0 Å². The summed E-state index contributed by atoms with van der Waals surface area (Å²) in [6, 6.07) is 19.1. The number of carbonyl (C=O) groups is 3. The number of hydrogen-bond donors (Lipinski definition) is 4. The third-order valence-corrected chi connectivity index (χ3v) is 6.33. The molecular formula is C32H33N7O5. The topological polar surface area (TPSA) is 202 Å². The van der Waals surface area contributed by atoms with Crippen molar-refractivity contribution < 1.29 is 19.5 Å². The first-order valence-electron chi connectivity index (χ1n) is 13.7. The largest absolute Gasteiger partial charge is 0.481 e. The van der Waals surface area contributed by atoms with Gasteiger partial charge in [0.1, 0.15) is 5.56 Å². The Morgan fingerprint density at radius 1 is 1.07 bits per heavy atom. The van der Waals surface area contributed by atoms with Crippen molar-refractivity contribution in [1.82, 2.24) is 19.2 Å². The maximum absolute atomic E-state index is 13.4. The third-order valence-electron chi connectivity index (χ3n) is 6.33. The van der Waals surface area contributed by atoms with Crippen LogP contribution in [0.15, 0.2) is 77.9 Å². The van der Waals surface area contributed by atoms with E-state index in [-0.39, 0.29) is 29.8 Å². The molecule has 3 aromatic heterocycles. The Kier molecular flexibility index (Phi) is 11.7. The van der Waals surface area contributed by atoms with E-state index in [0.717, 1.165) is 29.6 Å². The second-order valence-corrected chi connectivity index (χ2v) is 9.29. The summed E-state index contributed by atoms with van der Waals surface area (Å²) in [4.78, 5) is 47.4. The van der Waals surface area contributed by atoms with Gasteiger partial charge in [-0.25, -0.2) is 9.50 Å². The highest BCUT2D eigenvalue weighted by Gasteiger charge is 2.15. The van der Waals surface area contributed by atoms with Gasteiger partial charge in [0, 0.05) is 42.2 Å². The van der Waals surface area contributed by atoms with Gasteiger partial charge in [0.15, 0.2) is 11.5 Å². The van der Waals surface area contributed by atoms with Gasteiger partial charge in [-0.15, -0.1) is 5.10 Å². The average molecular weight is 596 g/mol. The Morgan fingerprint density at radius 3 is 2.45 bits per heavy atom. The number of para-hydroxylation sites is 1. The fraction of sp³-hybridized carbons (Fsp3) is 0.188. The molecule has 12 nitrogen and oxygen atoms in total. The van der Waals surface area contributed by atoms with E-state index < -0.39 is 11.9 Å². The Labute approximate surface area is 253 Å². The highest BCUT2D eigenvalue weighted by atomic mass is 16.4. The Balaban J connectivity index is 0.000000273. The number of amides is 2. The summed E-state index contributed by atoms with van der Waals surface area (Å²) in [6.07, 6.45) is 6.31. The minimum absolute atomic E-state index is 0.0590. The van der Waals surface area contributed by atoms with Crippen LogP contribution in [-0.4, -0.2) is 42.6 Å². The normalized spacial score (nSPS) is 10.0. The van der Waals surface area contributed by atoms with Crippen LogP contribution in [0.25, 0.3) is 22.1 Å². The van der Waals surface area contributed by atoms with E-state index in [4.69, 9.17) is 21.4 Å². The van der Waals surface area contributed by atoms with Crippen LogP contribution in [0.5, 0.6) is 0 Å². The van der Waals surface area contributed by atoms with Crippen LogP contribution in [0.4, 0.5) is 5.82 Å². The molecule has 0 atom stereocenters. The van der Waals surface area contributed by atoms with Crippen molar-refractivity contribution >= 4 is 40.5 Å². The first-order valence-corrected chi connectivity index (χ1v) is 13.7. The molecule has 5 aromatic rings. The van der Waals surface area contributed by atoms with Gasteiger partial charge in [-0.1, -0.05) is 49.1 Å². The minimum atomic E-state index is -0.782. The van der Waals surface area contributed by atoms with Gasteiger partial charge in [0.2, 0.25) is 6.41 Å². The van der Waals surface area contributed by atoms with E-state index in [2.05, 4.69) is 33.7 Å². The number of pyridine rings is 1. The molecule has 0 aliphatic rings. The zero-order valence-electron chi connectivity index (χ0n) is 24.1. The molecule has 2 amide bonds. The first kappa shape index (κ1) is 32.6. The van der Waals surface area contributed by atoms with E-state index in [1.54, 1.807) is 23.0 Å². The maximum Gasteiger partial charge on any atom is 0.303 e. The number of aryl methyl sites for hydroxylation is 1. The maximum atomic E-state index is 13.4. The van der Waals surface area contributed by atoms with Crippen LogP contribution in [0, 0.1) is 11.8 Å². The number of benzene rings is 2. The van der Waals surface area contributed by atoms with Gasteiger partial charge in [0.05, 0.1) is 5.39 Å². The molecule has 0 bridgehead atoms.